The topological polar surface area (TPSA) is 64.1 Å². The Morgan fingerprint density at radius 3 is 2.46 bits per heavy atom. The number of hydrogen-bond donors (Lipinski definition) is 0. The van der Waals surface area contributed by atoms with Gasteiger partial charge in [-0.3, -0.25) is 4.68 Å². The molecule has 7 nitrogen and oxygen atoms in total. The van der Waals surface area contributed by atoms with Crippen molar-refractivity contribution in [1.82, 2.24) is 29.4 Å². The fourth-order valence-corrected chi connectivity index (χ4v) is 3.43. The first-order chi connectivity index (χ1) is 12.5. The first kappa shape index (κ1) is 17.3. The number of nitrogens with zero attached hydrogens (tertiary/aromatic N) is 7. The number of aryl methyl sites for hydroxylation is 3. The number of halogens is 1. The lowest BCUT2D eigenvalue weighted by Gasteiger charge is -2.10. The monoisotopic (exact) mass is 373 g/mol. The van der Waals surface area contributed by atoms with Crippen LogP contribution in [0.25, 0.3) is 5.65 Å². The fourth-order valence-electron chi connectivity index (χ4n) is 3.18. The minimum atomic E-state index is 0.586. The van der Waals surface area contributed by atoms with Crippen molar-refractivity contribution in [3.8, 4) is 0 Å². The van der Waals surface area contributed by atoms with Gasteiger partial charge in [0.05, 0.1) is 10.7 Å². The zero-order valence-corrected chi connectivity index (χ0v) is 16.2. The van der Waals surface area contributed by atoms with Gasteiger partial charge in [0.25, 0.3) is 0 Å². The Morgan fingerprint density at radius 2 is 1.85 bits per heavy atom. The number of hydrogen-bond acceptors (Lipinski definition) is 5. The van der Waals surface area contributed by atoms with E-state index in [-0.39, 0.29) is 0 Å². The number of pyridine rings is 1. The van der Waals surface area contributed by atoms with Gasteiger partial charge in [-0.2, -0.15) is 5.10 Å². The van der Waals surface area contributed by atoms with Crippen molar-refractivity contribution in [1.29, 1.82) is 0 Å². The summed E-state index contributed by atoms with van der Waals surface area (Å²) in [6.07, 6.45) is 6.75. The van der Waals surface area contributed by atoms with Crippen LogP contribution in [0.15, 0.2) is 12.4 Å². The zero-order chi connectivity index (χ0) is 18.3. The molecule has 2 aliphatic rings. The second kappa shape index (κ2) is 6.87. The highest BCUT2D eigenvalue weighted by atomic mass is 35.5. The highest BCUT2D eigenvalue weighted by Gasteiger charge is 2.28. The van der Waals surface area contributed by atoms with Crippen molar-refractivity contribution >= 4 is 23.2 Å². The summed E-state index contributed by atoms with van der Waals surface area (Å²) in [5, 5.41) is 9.50. The van der Waals surface area contributed by atoms with Crippen LogP contribution in [0.5, 0.6) is 0 Å². The molecule has 138 valence electrons. The lowest BCUT2D eigenvalue weighted by molar-refractivity contribution is 0.755. The Labute approximate surface area is 158 Å². The molecule has 2 fully saturated rings. The van der Waals surface area contributed by atoms with Crippen LogP contribution in [0.3, 0.4) is 0 Å². The third-order valence-corrected chi connectivity index (χ3v) is 5.28. The summed E-state index contributed by atoms with van der Waals surface area (Å²) < 4.78 is 3.61. The molecular formula is C18H24ClN7. The Morgan fingerprint density at radius 1 is 1.12 bits per heavy atom. The minimum absolute atomic E-state index is 0.586. The number of rotatable bonds is 2. The van der Waals surface area contributed by atoms with Crippen molar-refractivity contribution in [2.24, 2.45) is 7.05 Å². The van der Waals surface area contributed by atoms with Gasteiger partial charge in [-0.15, -0.1) is 5.10 Å². The quantitative estimate of drug-likeness (QED) is 0.689. The maximum atomic E-state index is 6.11. The molecule has 3 aromatic heterocycles. The third-order valence-electron chi connectivity index (χ3n) is 4.90. The number of anilines is 1. The molecule has 26 heavy (non-hydrogen) atoms. The molecule has 1 saturated carbocycles. The average molecular weight is 374 g/mol. The van der Waals surface area contributed by atoms with Gasteiger partial charge in [-0.1, -0.05) is 11.6 Å². The molecule has 0 atom stereocenters. The molecule has 0 aromatic carbocycles. The normalized spacial score (nSPS) is 16.8. The molecular weight excluding hydrogens is 350 g/mol. The van der Waals surface area contributed by atoms with Crippen LogP contribution >= 0.6 is 11.6 Å². The van der Waals surface area contributed by atoms with E-state index in [2.05, 4.69) is 25.1 Å². The Kier molecular flexibility index (Phi) is 4.56. The standard InChI is InChI=1S/C11H12ClN3.C7H12N4/c1-6-5-9(12)7(2)15-11(6)13-10(14-15)8-3-4-8;1-10-6-8-7(9-10)11-4-2-3-5-11/h5,8H,3-4H2,1-2H3;6H,2-5H2,1H3. The molecule has 1 saturated heterocycles. The van der Waals surface area contributed by atoms with Gasteiger partial charge in [0.15, 0.2) is 11.5 Å². The van der Waals surface area contributed by atoms with E-state index in [4.69, 9.17) is 11.6 Å². The summed E-state index contributed by atoms with van der Waals surface area (Å²) in [4.78, 5) is 11.0. The van der Waals surface area contributed by atoms with Gasteiger partial charge < -0.3 is 4.90 Å². The number of aromatic nitrogens is 6. The van der Waals surface area contributed by atoms with E-state index >= 15 is 0 Å². The predicted octanol–water partition coefficient (Wildman–Crippen LogP) is 3.29. The van der Waals surface area contributed by atoms with Crippen molar-refractivity contribution < 1.29 is 0 Å². The average Bonchev–Trinajstić information content (AvgIpc) is 3.05. The van der Waals surface area contributed by atoms with Gasteiger partial charge in [0.1, 0.15) is 6.33 Å². The van der Waals surface area contributed by atoms with Gasteiger partial charge in [0.2, 0.25) is 5.95 Å². The van der Waals surface area contributed by atoms with Gasteiger partial charge in [-0.25, -0.2) is 14.5 Å². The van der Waals surface area contributed by atoms with Gasteiger partial charge in [0, 0.05) is 26.1 Å². The molecule has 4 heterocycles. The molecule has 0 N–H and O–H groups in total. The Bertz CT molecular complexity index is 919. The van der Waals surface area contributed by atoms with Crippen molar-refractivity contribution in [3.05, 3.63) is 34.5 Å². The predicted molar refractivity (Wildman–Crippen MR) is 102 cm³/mol. The second-order valence-electron chi connectivity index (χ2n) is 7.15. The Balaban J connectivity index is 0.000000136. The molecule has 0 radical (unpaired) electrons. The third kappa shape index (κ3) is 3.40. The summed E-state index contributed by atoms with van der Waals surface area (Å²) in [6.45, 7) is 6.22. The van der Waals surface area contributed by atoms with Gasteiger partial charge in [-0.05, 0) is 51.2 Å². The lowest BCUT2D eigenvalue weighted by atomic mass is 10.2. The molecule has 0 bridgehead atoms. The van der Waals surface area contributed by atoms with Gasteiger partial charge >= 0.3 is 0 Å². The van der Waals surface area contributed by atoms with Crippen LogP contribution in [0, 0.1) is 13.8 Å². The minimum Gasteiger partial charge on any atom is -0.340 e. The van der Waals surface area contributed by atoms with E-state index < -0.39 is 0 Å². The van der Waals surface area contributed by atoms with Crippen molar-refractivity contribution in [2.75, 3.05) is 18.0 Å². The Hall–Kier alpha value is -2.15. The van der Waals surface area contributed by atoms with Crippen LogP contribution in [-0.2, 0) is 7.05 Å². The van der Waals surface area contributed by atoms with E-state index in [1.54, 1.807) is 11.0 Å². The molecule has 0 spiro atoms. The van der Waals surface area contributed by atoms with E-state index in [1.807, 2.05) is 31.5 Å². The molecule has 0 amide bonds. The molecule has 1 aliphatic heterocycles. The smallest absolute Gasteiger partial charge is 0.244 e. The van der Waals surface area contributed by atoms with Crippen LogP contribution in [0.2, 0.25) is 5.02 Å². The highest BCUT2D eigenvalue weighted by Crippen LogP contribution is 2.38. The zero-order valence-electron chi connectivity index (χ0n) is 15.5. The SMILES string of the molecule is Cc1cc(Cl)c(C)n2nc(C3CC3)nc12.Cn1cnc(N2CCCC2)n1. The van der Waals surface area contributed by atoms with Crippen LogP contribution in [0.1, 0.15) is 48.7 Å². The van der Waals surface area contributed by atoms with E-state index in [9.17, 15) is 0 Å². The summed E-state index contributed by atoms with van der Waals surface area (Å²) in [7, 11) is 1.90. The molecule has 8 heteroatoms. The second-order valence-corrected chi connectivity index (χ2v) is 7.56. The summed E-state index contributed by atoms with van der Waals surface area (Å²) in [5.41, 5.74) is 3.00. The first-order valence-electron chi connectivity index (χ1n) is 9.16. The number of fused-ring (bicyclic) bond motifs is 1. The molecule has 3 aromatic rings. The van der Waals surface area contributed by atoms with E-state index in [1.165, 1.54) is 25.7 Å². The summed E-state index contributed by atoms with van der Waals surface area (Å²) >= 11 is 6.11. The molecule has 5 rings (SSSR count). The fraction of sp³-hybridized carbons (Fsp3) is 0.556. The van der Waals surface area contributed by atoms with Crippen LogP contribution in [0.4, 0.5) is 5.95 Å². The van der Waals surface area contributed by atoms with E-state index in [0.717, 1.165) is 46.8 Å². The van der Waals surface area contributed by atoms with Crippen molar-refractivity contribution in [2.45, 2.75) is 45.4 Å². The molecule has 1 aliphatic carbocycles. The maximum absolute atomic E-state index is 6.11. The largest absolute Gasteiger partial charge is 0.340 e. The summed E-state index contributed by atoms with van der Waals surface area (Å²) in [6, 6.07) is 1.96. The highest BCUT2D eigenvalue weighted by molar-refractivity contribution is 6.31. The molecule has 0 unspecified atom stereocenters. The summed E-state index contributed by atoms with van der Waals surface area (Å²) in [5.74, 6) is 2.44. The first-order valence-corrected chi connectivity index (χ1v) is 9.53. The van der Waals surface area contributed by atoms with Crippen molar-refractivity contribution in [3.63, 3.8) is 0 Å². The van der Waals surface area contributed by atoms with Crippen LogP contribution < -0.4 is 4.90 Å². The van der Waals surface area contributed by atoms with E-state index in [0.29, 0.717) is 5.92 Å². The maximum Gasteiger partial charge on any atom is 0.244 e. The lowest BCUT2D eigenvalue weighted by Crippen LogP contribution is -2.19. The van der Waals surface area contributed by atoms with Crippen LogP contribution in [-0.4, -0.2) is 42.5 Å².